The summed E-state index contributed by atoms with van der Waals surface area (Å²) in [5.41, 5.74) is 11.2. The van der Waals surface area contributed by atoms with Crippen molar-refractivity contribution in [1.29, 1.82) is 0 Å². The summed E-state index contributed by atoms with van der Waals surface area (Å²) in [6.45, 7) is 0.197. The van der Waals surface area contributed by atoms with Crippen molar-refractivity contribution in [3.63, 3.8) is 0 Å². The molecule has 1 heterocycles. The predicted molar refractivity (Wildman–Crippen MR) is 109 cm³/mol. The highest BCUT2D eigenvalue weighted by Gasteiger charge is 2.43. The van der Waals surface area contributed by atoms with E-state index in [0.29, 0.717) is 11.3 Å². The number of benzene rings is 1. The molecular formula is C15H16Br2Cl2N4O3. The number of methoxy groups -OCH3 is 1. The van der Waals surface area contributed by atoms with E-state index in [0.717, 1.165) is 8.95 Å². The molecule has 0 radical (unpaired) electrons. The third kappa shape index (κ3) is 5.18. The number of nitrogens with one attached hydrogen (secondary N) is 1. The number of guanidine groups is 1. The van der Waals surface area contributed by atoms with Crippen molar-refractivity contribution in [2.45, 2.75) is 17.0 Å². The molecule has 142 valence electrons. The molecule has 1 aromatic carbocycles. The van der Waals surface area contributed by atoms with Crippen molar-refractivity contribution >= 4 is 73.0 Å². The molecule has 1 atom stereocenters. The minimum absolute atomic E-state index is 0.0678. The second-order valence-electron chi connectivity index (χ2n) is 5.32. The van der Waals surface area contributed by atoms with Crippen LogP contribution >= 0.6 is 55.1 Å². The number of rotatable bonds is 6. The van der Waals surface area contributed by atoms with Crippen LogP contribution in [-0.2, 0) is 9.53 Å². The minimum atomic E-state index is -1.40. The molecule has 0 spiro atoms. The number of carbonyl (C=O) groups is 1. The first-order valence-electron chi connectivity index (χ1n) is 7.29. The van der Waals surface area contributed by atoms with Crippen LogP contribution < -0.4 is 21.5 Å². The molecule has 5 N–H and O–H groups in total. The van der Waals surface area contributed by atoms with Gasteiger partial charge in [0, 0.05) is 13.0 Å². The van der Waals surface area contributed by atoms with Crippen LogP contribution in [-0.4, -0.2) is 36.1 Å². The Morgan fingerprint density at radius 2 is 2.04 bits per heavy atom. The summed E-state index contributed by atoms with van der Waals surface area (Å²) in [5.74, 6) is 0.237. The fourth-order valence-corrected chi connectivity index (χ4v) is 4.08. The first kappa shape index (κ1) is 21.1. The normalized spacial score (nSPS) is 18.4. The lowest BCUT2D eigenvalue weighted by Crippen LogP contribution is -2.42. The van der Waals surface area contributed by atoms with E-state index < -0.39 is 16.5 Å². The SMILES string of the molecule is COc1c(Br)cc(/C=C2\OC(C(Cl)(Cl)CCN=C(N)N)NC2=O)cc1Br. The Kier molecular flexibility index (Phi) is 7.06. The Bertz CT molecular complexity index is 744. The maximum absolute atomic E-state index is 12.2. The standard InChI is InChI=1S/C15H16Br2Cl2N4O3/c1-25-11-8(16)4-7(5-9(11)17)6-10-12(24)23-13(26-10)15(18,19)2-3-22-14(20)21/h4-6,13H,2-3H2,1H3,(H,23,24)(H4,20,21,22)/b10-6-. The number of ether oxygens (including phenoxy) is 2. The van der Waals surface area contributed by atoms with Crippen LogP contribution in [0.2, 0.25) is 0 Å². The molecule has 1 aliphatic heterocycles. The van der Waals surface area contributed by atoms with Gasteiger partial charge in [-0.2, -0.15) is 0 Å². The fourth-order valence-electron chi connectivity index (χ4n) is 2.17. The van der Waals surface area contributed by atoms with Gasteiger partial charge in [0.15, 0.2) is 16.1 Å². The van der Waals surface area contributed by atoms with Crippen LogP contribution in [0.5, 0.6) is 5.75 Å². The molecule has 26 heavy (non-hydrogen) atoms. The lowest BCUT2D eigenvalue weighted by molar-refractivity contribution is -0.116. The lowest BCUT2D eigenvalue weighted by Gasteiger charge is -2.24. The van der Waals surface area contributed by atoms with Gasteiger partial charge in [0.2, 0.25) is 6.23 Å². The van der Waals surface area contributed by atoms with Crippen molar-refractivity contribution < 1.29 is 14.3 Å². The summed E-state index contributed by atoms with van der Waals surface area (Å²) in [7, 11) is 1.56. The summed E-state index contributed by atoms with van der Waals surface area (Å²) < 4.78 is 10.9. The zero-order valence-corrected chi connectivity index (χ0v) is 18.2. The zero-order chi connectivity index (χ0) is 19.5. The zero-order valence-electron chi connectivity index (χ0n) is 13.6. The summed E-state index contributed by atoms with van der Waals surface area (Å²) in [4.78, 5) is 16.0. The van der Waals surface area contributed by atoms with Gasteiger partial charge in [-0.15, -0.1) is 0 Å². The third-order valence-electron chi connectivity index (χ3n) is 3.38. The first-order chi connectivity index (χ1) is 12.1. The maximum Gasteiger partial charge on any atom is 0.289 e. The number of aliphatic imine (C=N–C) groups is 1. The van der Waals surface area contributed by atoms with E-state index in [9.17, 15) is 4.79 Å². The number of nitrogens with two attached hydrogens (primary N) is 2. The van der Waals surface area contributed by atoms with Gasteiger partial charge >= 0.3 is 0 Å². The van der Waals surface area contributed by atoms with Crippen LogP contribution in [0.3, 0.4) is 0 Å². The molecule has 1 fully saturated rings. The lowest BCUT2D eigenvalue weighted by atomic mass is 10.2. The number of amides is 1. The van der Waals surface area contributed by atoms with E-state index in [2.05, 4.69) is 42.2 Å². The highest BCUT2D eigenvalue weighted by molar-refractivity contribution is 9.11. The van der Waals surface area contributed by atoms with E-state index in [1.807, 2.05) is 0 Å². The average molecular weight is 531 g/mol. The number of carbonyl (C=O) groups excluding carboxylic acids is 1. The minimum Gasteiger partial charge on any atom is -0.494 e. The van der Waals surface area contributed by atoms with Crippen LogP contribution in [0, 0.1) is 0 Å². The molecule has 0 aliphatic carbocycles. The smallest absolute Gasteiger partial charge is 0.289 e. The molecule has 1 amide bonds. The van der Waals surface area contributed by atoms with E-state index in [4.69, 9.17) is 44.1 Å². The van der Waals surface area contributed by atoms with Crippen molar-refractivity contribution in [1.82, 2.24) is 5.32 Å². The van der Waals surface area contributed by atoms with E-state index >= 15 is 0 Å². The van der Waals surface area contributed by atoms with Crippen LogP contribution in [0.25, 0.3) is 6.08 Å². The topological polar surface area (TPSA) is 112 Å². The van der Waals surface area contributed by atoms with Gasteiger partial charge in [-0.25, -0.2) is 0 Å². The molecule has 11 heteroatoms. The number of hydrogen-bond acceptors (Lipinski definition) is 4. The fraction of sp³-hybridized carbons (Fsp3) is 0.333. The van der Waals surface area contributed by atoms with Gasteiger partial charge < -0.3 is 26.3 Å². The molecule has 1 saturated heterocycles. The summed E-state index contributed by atoms with van der Waals surface area (Å²) in [6, 6.07) is 3.57. The quantitative estimate of drug-likeness (QED) is 0.227. The van der Waals surface area contributed by atoms with Gasteiger partial charge in [-0.3, -0.25) is 9.79 Å². The highest BCUT2D eigenvalue weighted by Crippen LogP contribution is 2.37. The van der Waals surface area contributed by atoms with Gasteiger partial charge in [-0.05, 0) is 55.6 Å². The van der Waals surface area contributed by atoms with Gasteiger partial charge in [0.1, 0.15) is 5.75 Å². The molecule has 1 aliphatic rings. The Hall–Kier alpha value is -1.16. The molecule has 2 rings (SSSR count). The first-order valence-corrected chi connectivity index (χ1v) is 9.63. The Balaban J connectivity index is 2.16. The van der Waals surface area contributed by atoms with Gasteiger partial charge in [0.05, 0.1) is 16.1 Å². The van der Waals surface area contributed by atoms with Crippen LogP contribution in [0.1, 0.15) is 12.0 Å². The van der Waals surface area contributed by atoms with Crippen molar-refractivity contribution in [2.75, 3.05) is 13.7 Å². The second kappa shape index (κ2) is 8.69. The number of alkyl halides is 2. The second-order valence-corrected chi connectivity index (χ2v) is 8.57. The van der Waals surface area contributed by atoms with Gasteiger partial charge in [-0.1, -0.05) is 23.2 Å². The molecule has 0 aromatic heterocycles. The Labute approximate surface area is 177 Å². The molecule has 1 unspecified atom stereocenters. The number of hydrogen-bond donors (Lipinski definition) is 3. The largest absolute Gasteiger partial charge is 0.494 e. The summed E-state index contributed by atoms with van der Waals surface area (Å²) in [5, 5.41) is 2.60. The highest BCUT2D eigenvalue weighted by atomic mass is 79.9. The van der Waals surface area contributed by atoms with Crippen molar-refractivity contribution in [3.05, 3.63) is 32.4 Å². The van der Waals surface area contributed by atoms with Gasteiger partial charge in [0.25, 0.3) is 5.91 Å². The van der Waals surface area contributed by atoms with E-state index in [-0.39, 0.29) is 24.7 Å². The molecule has 0 bridgehead atoms. The summed E-state index contributed by atoms with van der Waals surface area (Å²) in [6.07, 6.45) is 0.833. The number of nitrogens with zero attached hydrogens (tertiary/aromatic N) is 1. The Morgan fingerprint density at radius 3 is 2.58 bits per heavy atom. The molecular weight excluding hydrogens is 515 g/mol. The molecule has 1 aromatic rings. The Morgan fingerprint density at radius 1 is 1.42 bits per heavy atom. The van der Waals surface area contributed by atoms with Crippen molar-refractivity contribution in [3.8, 4) is 5.75 Å². The maximum atomic E-state index is 12.2. The third-order valence-corrected chi connectivity index (χ3v) is 5.33. The average Bonchev–Trinajstić information content (AvgIpc) is 2.88. The molecule has 7 nitrogen and oxygen atoms in total. The van der Waals surface area contributed by atoms with E-state index in [1.165, 1.54) is 0 Å². The van der Waals surface area contributed by atoms with Crippen LogP contribution in [0.4, 0.5) is 0 Å². The van der Waals surface area contributed by atoms with Crippen LogP contribution in [0.15, 0.2) is 31.8 Å². The van der Waals surface area contributed by atoms with E-state index in [1.54, 1.807) is 25.3 Å². The summed E-state index contributed by atoms with van der Waals surface area (Å²) >= 11 is 19.3. The molecule has 0 saturated carbocycles. The number of halogens is 4. The monoisotopic (exact) mass is 528 g/mol. The van der Waals surface area contributed by atoms with Crippen molar-refractivity contribution in [2.24, 2.45) is 16.5 Å². The predicted octanol–water partition coefficient (Wildman–Crippen LogP) is 2.87.